The average Bonchev–Trinajstić information content (AvgIpc) is 3.16. The van der Waals surface area contributed by atoms with E-state index in [-0.39, 0.29) is 12.5 Å². The number of anilines is 1. The Bertz CT molecular complexity index is 1070. The van der Waals surface area contributed by atoms with Crippen LogP contribution in [0, 0.1) is 13.8 Å². The lowest BCUT2D eigenvalue weighted by atomic mass is 10.0. The second kappa shape index (κ2) is 10.3. The number of ether oxygens (including phenoxy) is 2. The van der Waals surface area contributed by atoms with Crippen LogP contribution in [-0.4, -0.2) is 25.6 Å². The van der Waals surface area contributed by atoms with Crippen LogP contribution >= 0.6 is 11.3 Å². The lowest BCUT2D eigenvalue weighted by molar-refractivity contribution is -0.116. The highest BCUT2D eigenvalue weighted by Gasteiger charge is 2.24. The Kier molecular flexibility index (Phi) is 7.47. The molecule has 0 spiro atoms. The third kappa shape index (κ3) is 5.52. The number of thiophene rings is 1. The zero-order chi connectivity index (χ0) is 22.4. The monoisotopic (exact) mass is 437 g/mol. The fraction of sp³-hybridized carbons (Fsp3) is 0.280. The Morgan fingerprint density at radius 1 is 1.00 bits per heavy atom. The summed E-state index contributed by atoms with van der Waals surface area (Å²) in [6.45, 7) is 6.02. The van der Waals surface area contributed by atoms with Crippen molar-refractivity contribution in [3.05, 3.63) is 70.1 Å². The first kappa shape index (κ1) is 22.6. The summed E-state index contributed by atoms with van der Waals surface area (Å²) in [5.74, 6) is 0.0538. The van der Waals surface area contributed by atoms with Crippen LogP contribution in [0.5, 0.6) is 5.75 Å². The fourth-order valence-electron chi connectivity index (χ4n) is 3.29. The minimum Gasteiger partial charge on any atom is -0.496 e. The van der Waals surface area contributed by atoms with Crippen molar-refractivity contribution in [3.8, 4) is 16.9 Å². The molecule has 0 atom stereocenters. The molecule has 1 aromatic heterocycles. The molecule has 3 aromatic rings. The van der Waals surface area contributed by atoms with Crippen molar-refractivity contribution in [3.63, 3.8) is 0 Å². The van der Waals surface area contributed by atoms with Crippen LogP contribution in [0.3, 0.4) is 0 Å². The predicted molar refractivity (Wildman–Crippen MR) is 125 cm³/mol. The predicted octanol–water partition coefficient (Wildman–Crippen LogP) is 5.79. The van der Waals surface area contributed by atoms with Crippen LogP contribution in [0.4, 0.5) is 5.00 Å². The van der Waals surface area contributed by atoms with Gasteiger partial charge in [-0.15, -0.1) is 11.3 Å². The molecule has 31 heavy (non-hydrogen) atoms. The lowest BCUT2D eigenvalue weighted by Crippen LogP contribution is -2.15. The Morgan fingerprint density at radius 3 is 2.39 bits per heavy atom. The van der Waals surface area contributed by atoms with E-state index in [9.17, 15) is 9.59 Å². The van der Waals surface area contributed by atoms with E-state index < -0.39 is 5.97 Å². The van der Waals surface area contributed by atoms with Gasteiger partial charge in [0.15, 0.2) is 0 Å². The molecule has 6 heteroatoms. The number of amides is 1. The van der Waals surface area contributed by atoms with Gasteiger partial charge in [-0.2, -0.15) is 0 Å². The minimum absolute atomic E-state index is 0.143. The molecular formula is C25H27NO4S. The second-order valence-electron chi connectivity index (χ2n) is 7.31. The van der Waals surface area contributed by atoms with Gasteiger partial charge >= 0.3 is 5.97 Å². The van der Waals surface area contributed by atoms with Gasteiger partial charge in [-0.05, 0) is 44.9 Å². The number of hydrogen-bond donors (Lipinski definition) is 1. The first-order chi connectivity index (χ1) is 14.9. The van der Waals surface area contributed by atoms with Crippen molar-refractivity contribution in [1.82, 2.24) is 0 Å². The summed E-state index contributed by atoms with van der Waals surface area (Å²) < 4.78 is 10.8. The van der Waals surface area contributed by atoms with E-state index in [4.69, 9.17) is 9.47 Å². The van der Waals surface area contributed by atoms with E-state index in [1.54, 1.807) is 14.0 Å². The number of carbonyl (C=O) groups is 2. The van der Waals surface area contributed by atoms with E-state index in [1.165, 1.54) is 16.9 Å². The average molecular weight is 438 g/mol. The van der Waals surface area contributed by atoms with E-state index in [1.807, 2.05) is 61.7 Å². The van der Waals surface area contributed by atoms with Gasteiger partial charge in [0.1, 0.15) is 16.3 Å². The van der Waals surface area contributed by atoms with Crippen LogP contribution in [0.25, 0.3) is 11.1 Å². The lowest BCUT2D eigenvalue weighted by Gasteiger charge is -2.12. The molecule has 0 saturated carbocycles. The number of rotatable bonds is 8. The van der Waals surface area contributed by atoms with Crippen molar-refractivity contribution in [1.29, 1.82) is 0 Å². The van der Waals surface area contributed by atoms with Crippen molar-refractivity contribution >= 4 is 28.2 Å². The molecule has 1 amide bonds. The Hall–Kier alpha value is -3.12. The zero-order valence-corrected chi connectivity index (χ0v) is 19.1. The SMILES string of the molecule is CCOC(=O)c1c(-c2cc(C)ccc2OC)csc1NC(=O)CCc1ccc(C)cc1. The maximum absolute atomic E-state index is 12.8. The Morgan fingerprint density at radius 2 is 1.71 bits per heavy atom. The summed E-state index contributed by atoms with van der Waals surface area (Å²) in [6, 6.07) is 13.9. The van der Waals surface area contributed by atoms with Gasteiger partial charge in [-0.3, -0.25) is 4.79 Å². The van der Waals surface area contributed by atoms with Gasteiger partial charge in [-0.1, -0.05) is 41.5 Å². The molecule has 1 N–H and O–H groups in total. The Labute approximate surface area is 187 Å². The van der Waals surface area contributed by atoms with E-state index in [2.05, 4.69) is 5.32 Å². The van der Waals surface area contributed by atoms with Crippen molar-refractivity contribution < 1.29 is 19.1 Å². The summed E-state index contributed by atoms with van der Waals surface area (Å²) in [5.41, 5.74) is 5.17. The molecule has 0 aliphatic rings. The third-order valence-corrected chi connectivity index (χ3v) is 5.83. The zero-order valence-electron chi connectivity index (χ0n) is 18.3. The molecule has 0 saturated heterocycles. The molecule has 0 aliphatic carbocycles. The number of carbonyl (C=O) groups excluding carboxylic acids is 2. The largest absolute Gasteiger partial charge is 0.496 e. The molecule has 2 aromatic carbocycles. The smallest absolute Gasteiger partial charge is 0.341 e. The van der Waals surface area contributed by atoms with Gasteiger partial charge in [-0.25, -0.2) is 4.79 Å². The van der Waals surface area contributed by atoms with Crippen molar-refractivity contribution in [2.45, 2.75) is 33.6 Å². The molecule has 0 radical (unpaired) electrons. The number of esters is 1. The van der Waals surface area contributed by atoms with Crippen LogP contribution < -0.4 is 10.1 Å². The van der Waals surface area contributed by atoms with E-state index >= 15 is 0 Å². The second-order valence-corrected chi connectivity index (χ2v) is 8.19. The number of nitrogens with one attached hydrogen (secondary N) is 1. The van der Waals surface area contributed by atoms with E-state index in [0.717, 1.165) is 16.7 Å². The number of hydrogen-bond acceptors (Lipinski definition) is 5. The Balaban J connectivity index is 1.86. The maximum atomic E-state index is 12.8. The standard InChI is InChI=1S/C25H27NO4S/c1-5-30-25(28)23-20(19-14-17(3)8-12-21(19)29-4)15-31-24(23)26-22(27)13-11-18-9-6-16(2)7-10-18/h6-10,12,14-15H,5,11,13H2,1-4H3,(H,26,27). The topological polar surface area (TPSA) is 64.6 Å². The van der Waals surface area contributed by atoms with Crippen LogP contribution in [-0.2, 0) is 16.0 Å². The number of methoxy groups -OCH3 is 1. The van der Waals surface area contributed by atoms with Crippen LogP contribution in [0.2, 0.25) is 0 Å². The number of aryl methyl sites for hydroxylation is 3. The minimum atomic E-state index is -0.462. The van der Waals surface area contributed by atoms with Crippen molar-refractivity contribution in [2.24, 2.45) is 0 Å². The summed E-state index contributed by atoms with van der Waals surface area (Å²) >= 11 is 1.31. The van der Waals surface area contributed by atoms with Gasteiger partial charge in [0.2, 0.25) is 5.91 Å². The van der Waals surface area contributed by atoms with Gasteiger partial charge in [0, 0.05) is 22.9 Å². The molecular weight excluding hydrogens is 410 g/mol. The molecule has 0 bridgehead atoms. The highest BCUT2D eigenvalue weighted by Crippen LogP contribution is 2.40. The summed E-state index contributed by atoms with van der Waals surface area (Å²) in [5, 5.41) is 5.26. The molecule has 0 unspecified atom stereocenters. The van der Waals surface area contributed by atoms with Gasteiger partial charge in [0.25, 0.3) is 0 Å². The molecule has 0 fully saturated rings. The molecule has 1 heterocycles. The summed E-state index contributed by atoms with van der Waals surface area (Å²) in [6.07, 6.45) is 0.955. The summed E-state index contributed by atoms with van der Waals surface area (Å²) in [7, 11) is 1.60. The molecule has 5 nitrogen and oxygen atoms in total. The quantitative estimate of drug-likeness (QED) is 0.453. The normalized spacial score (nSPS) is 10.6. The molecule has 3 rings (SSSR count). The first-order valence-corrected chi connectivity index (χ1v) is 11.1. The van der Waals surface area contributed by atoms with Gasteiger partial charge in [0.05, 0.1) is 13.7 Å². The fourth-order valence-corrected chi connectivity index (χ4v) is 4.25. The summed E-state index contributed by atoms with van der Waals surface area (Å²) in [4.78, 5) is 25.4. The maximum Gasteiger partial charge on any atom is 0.341 e. The molecule has 162 valence electrons. The van der Waals surface area contributed by atoms with Crippen molar-refractivity contribution in [2.75, 3.05) is 19.0 Å². The highest BCUT2D eigenvalue weighted by molar-refractivity contribution is 7.15. The highest BCUT2D eigenvalue weighted by atomic mass is 32.1. The van der Waals surface area contributed by atoms with Gasteiger partial charge < -0.3 is 14.8 Å². The third-order valence-electron chi connectivity index (χ3n) is 4.93. The first-order valence-electron chi connectivity index (χ1n) is 10.2. The van der Waals surface area contributed by atoms with Crippen LogP contribution in [0.15, 0.2) is 47.8 Å². The van der Waals surface area contributed by atoms with Crippen LogP contribution in [0.1, 0.15) is 40.4 Å². The number of benzene rings is 2. The molecule has 0 aliphatic heterocycles. The van der Waals surface area contributed by atoms with E-state index in [0.29, 0.717) is 34.7 Å².